The van der Waals surface area contributed by atoms with E-state index in [0.29, 0.717) is 13.0 Å². The molecule has 0 spiro atoms. The predicted octanol–water partition coefficient (Wildman–Crippen LogP) is 2.12. The number of thiazole rings is 1. The maximum absolute atomic E-state index is 11.8. The Morgan fingerprint density at radius 1 is 1.50 bits per heavy atom. The fourth-order valence-corrected chi connectivity index (χ4v) is 3.04. The summed E-state index contributed by atoms with van der Waals surface area (Å²) in [6, 6.07) is 8.04. The molecular weight excluding hydrogens is 274 g/mol. The van der Waals surface area contributed by atoms with Gasteiger partial charge in [0.1, 0.15) is 0 Å². The van der Waals surface area contributed by atoms with Crippen LogP contribution in [0, 0.1) is 0 Å². The van der Waals surface area contributed by atoms with Gasteiger partial charge in [-0.3, -0.25) is 4.79 Å². The van der Waals surface area contributed by atoms with Crippen LogP contribution in [0.25, 0.3) is 10.2 Å². The molecule has 1 amide bonds. The Morgan fingerprint density at radius 2 is 2.35 bits per heavy atom. The number of hydrogen-bond donors (Lipinski definition) is 1. The summed E-state index contributed by atoms with van der Waals surface area (Å²) in [5.41, 5.74) is 1.87. The predicted molar refractivity (Wildman–Crippen MR) is 78.9 cm³/mol. The summed E-state index contributed by atoms with van der Waals surface area (Å²) in [4.78, 5) is 21.4. The van der Waals surface area contributed by atoms with E-state index in [9.17, 15) is 4.79 Å². The molecule has 1 aliphatic heterocycles. The fourth-order valence-electron chi connectivity index (χ4n) is 2.07. The van der Waals surface area contributed by atoms with Gasteiger partial charge in [-0.25, -0.2) is 4.98 Å². The van der Waals surface area contributed by atoms with Crippen LogP contribution in [0.3, 0.4) is 0 Å². The second kappa shape index (κ2) is 5.58. The minimum Gasteiger partial charge on any atom is -0.382 e. The Bertz CT molecular complexity index is 632. The quantitative estimate of drug-likeness (QED) is 0.937. The first-order valence-corrected chi connectivity index (χ1v) is 7.35. The lowest BCUT2D eigenvalue weighted by Crippen LogP contribution is -2.35. The summed E-state index contributed by atoms with van der Waals surface area (Å²) in [5, 5.41) is 7.68. The molecule has 1 aromatic heterocycles. The van der Waals surface area contributed by atoms with Gasteiger partial charge >= 0.3 is 0 Å². The highest BCUT2D eigenvalue weighted by Crippen LogP contribution is 2.21. The molecule has 6 heteroatoms. The first-order valence-electron chi connectivity index (χ1n) is 6.54. The number of fused-ring (bicyclic) bond motifs is 1. The average molecular weight is 289 g/mol. The van der Waals surface area contributed by atoms with Gasteiger partial charge in [-0.2, -0.15) is 0 Å². The van der Waals surface area contributed by atoms with Crippen LogP contribution >= 0.6 is 11.3 Å². The molecule has 3 rings (SSSR count). The summed E-state index contributed by atoms with van der Waals surface area (Å²) >= 11 is 1.67. The molecule has 2 aromatic rings. The number of oxime groups is 1. The van der Waals surface area contributed by atoms with Crippen molar-refractivity contribution in [3.63, 3.8) is 0 Å². The molecular formula is C14H15N3O2S. The van der Waals surface area contributed by atoms with Gasteiger partial charge in [0.05, 0.1) is 20.9 Å². The van der Waals surface area contributed by atoms with Gasteiger partial charge in [-0.15, -0.1) is 11.3 Å². The third-order valence-electron chi connectivity index (χ3n) is 3.09. The largest absolute Gasteiger partial charge is 0.382 e. The summed E-state index contributed by atoms with van der Waals surface area (Å²) in [6.45, 7) is 2.42. The minimum absolute atomic E-state index is 0.105. The minimum atomic E-state index is -0.467. The lowest BCUT2D eigenvalue weighted by Gasteiger charge is -2.08. The lowest BCUT2D eigenvalue weighted by molar-refractivity contribution is -0.131. The van der Waals surface area contributed by atoms with Gasteiger partial charge in [0.15, 0.2) is 0 Å². The van der Waals surface area contributed by atoms with E-state index < -0.39 is 6.10 Å². The number of benzene rings is 1. The number of hydrogen-bond acceptors (Lipinski definition) is 5. The Hall–Kier alpha value is -1.95. The van der Waals surface area contributed by atoms with E-state index in [1.54, 1.807) is 11.3 Å². The average Bonchev–Trinajstić information content (AvgIpc) is 3.04. The molecule has 0 unspecified atom stereocenters. The van der Waals surface area contributed by atoms with Crippen molar-refractivity contribution in [3.05, 3.63) is 29.3 Å². The molecule has 0 radical (unpaired) electrons. The Morgan fingerprint density at radius 3 is 3.10 bits per heavy atom. The first kappa shape index (κ1) is 13.1. The van der Waals surface area contributed by atoms with Gasteiger partial charge in [0.25, 0.3) is 5.91 Å². The van der Waals surface area contributed by atoms with Crippen LogP contribution < -0.4 is 5.32 Å². The standard InChI is InChI=1S/C14H15N3O2S/c1-9-8-11(19-17-9)14(18)15-7-6-13-16-10-4-2-3-5-12(10)20-13/h2-5,11H,6-8H2,1H3,(H,15,18)/t11-/m0/s1. The molecule has 5 nitrogen and oxygen atoms in total. The van der Waals surface area contributed by atoms with Crippen molar-refractivity contribution in [2.75, 3.05) is 6.54 Å². The number of amides is 1. The van der Waals surface area contributed by atoms with Gasteiger partial charge < -0.3 is 10.2 Å². The number of nitrogens with zero attached hydrogens (tertiary/aromatic N) is 2. The Kier molecular flexibility index (Phi) is 3.64. The van der Waals surface area contributed by atoms with Gasteiger partial charge in [0, 0.05) is 19.4 Å². The van der Waals surface area contributed by atoms with Gasteiger partial charge in [0.2, 0.25) is 6.10 Å². The summed E-state index contributed by atoms with van der Waals surface area (Å²) < 4.78 is 1.18. The monoisotopic (exact) mass is 289 g/mol. The molecule has 0 aliphatic carbocycles. The molecule has 0 bridgehead atoms. The topological polar surface area (TPSA) is 63.6 Å². The van der Waals surface area contributed by atoms with E-state index in [4.69, 9.17) is 4.84 Å². The molecule has 1 atom stereocenters. The van der Waals surface area contributed by atoms with E-state index in [-0.39, 0.29) is 5.91 Å². The Labute approximate surface area is 120 Å². The first-order chi connectivity index (χ1) is 9.72. The van der Waals surface area contributed by atoms with Crippen LogP contribution in [0.1, 0.15) is 18.4 Å². The molecule has 1 N–H and O–H groups in total. The van der Waals surface area contributed by atoms with Crippen LogP contribution in [0.2, 0.25) is 0 Å². The van der Waals surface area contributed by atoms with Crippen molar-refractivity contribution in [2.24, 2.45) is 5.16 Å². The summed E-state index contributed by atoms with van der Waals surface area (Å²) in [6.07, 6.45) is 0.843. The highest BCUT2D eigenvalue weighted by molar-refractivity contribution is 7.18. The SMILES string of the molecule is CC1=NO[C@H](C(=O)NCCc2nc3ccccc3s2)C1. The van der Waals surface area contributed by atoms with E-state index in [1.807, 2.05) is 25.1 Å². The maximum Gasteiger partial charge on any atom is 0.264 e. The van der Waals surface area contributed by atoms with Crippen molar-refractivity contribution >= 4 is 33.2 Å². The lowest BCUT2D eigenvalue weighted by atomic mass is 10.2. The van der Waals surface area contributed by atoms with Crippen molar-refractivity contribution in [1.29, 1.82) is 0 Å². The second-order valence-corrected chi connectivity index (χ2v) is 5.86. The van der Waals surface area contributed by atoms with E-state index in [2.05, 4.69) is 21.5 Å². The molecule has 0 saturated heterocycles. The number of rotatable bonds is 4. The van der Waals surface area contributed by atoms with Crippen molar-refractivity contribution in [1.82, 2.24) is 10.3 Å². The van der Waals surface area contributed by atoms with Crippen molar-refractivity contribution in [2.45, 2.75) is 25.9 Å². The van der Waals surface area contributed by atoms with E-state index in [0.717, 1.165) is 22.7 Å². The normalized spacial score (nSPS) is 17.9. The highest BCUT2D eigenvalue weighted by atomic mass is 32.1. The number of carbonyl (C=O) groups is 1. The van der Waals surface area contributed by atoms with Crippen LogP contribution in [0.5, 0.6) is 0 Å². The summed E-state index contributed by atoms with van der Waals surface area (Å²) in [7, 11) is 0. The van der Waals surface area contributed by atoms with E-state index in [1.165, 1.54) is 4.70 Å². The number of para-hydroxylation sites is 1. The van der Waals surface area contributed by atoms with Crippen molar-refractivity contribution in [3.8, 4) is 0 Å². The molecule has 1 aliphatic rings. The zero-order valence-corrected chi connectivity index (χ0v) is 11.9. The third-order valence-corrected chi connectivity index (χ3v) is 4.18. The highest BCUT2D eigenvalue weighted by Gasteiger charge is 2.25. The second-order valence-electron chi connectivity index (χ2n) is 4.74. The van der Waals surface area contributed by atoms with Crippen LogP contribution in [-0.4, -0.2) is 29.3 Å². The molecule has 20 heavy (non-hydrogen) atoms. The smallest absolute Gasteiger partial charge is 0.264 e. The summed E-state index contributed by atoms with van der Waals surface area (Å²) in [5.74, 6) is -0.105. The van der Waals surface area contributed by atoms with Crippen molar-refractivity contribution < 1.29 is 9.63 Å². The number of aromatic nitrogens is 1. The fraction of sp³-hybridized carbons (Fsp3) is 0.357. The number of carbonyl (C=O) groups excluding carboxylic acids is 1. The van der Waals surface area contributed by atoms with Gasteiger partial charge in [-0.1, -0.05) is 17.3 Å². The molecule has 0 saturated carbocycles. The van der Waals surface area contributed by atoms with Crippen LogP contribution in [0.15, 0.2) is 29.4 Å². The zero-order valence-electron chi connectivity index (χ0n) is 11.1. The third kappa shape index (κ3) is 2.80. The number of nitrogens with one attached hydrogen (secondary N) is 1. The molecule has 1 aromatic carbocycles. The van der Waals surface area contributed by atoms with E-state index >= 15 is 0 Å². The van der Waals surface area contributed by atoms with Gasteiger partial charge in [-0.05, 0) is 19.1 Å². The molecule has 104 valence electrons. The zero-order chi connectivity index (χ0) is 13.9. The van der Waals surface area contributed by atoms with Crippen LogP contribution in [-0.2, 0) is 16.1 Å². The maximum atomic E-state index is 11.8. The molecule has 2 heterocycles. The molecule has 0 fully saturated rings. The van der Waals surface area contributed by atoms with Crippen LogP contribution in [0.4, 0.5) is 0 Å². The Balaban J connectivity index is 1.51.